The van der Waals surface area contributed by atoms with Gasteiger partial charge in [0, 0.05) is 59.3 Å². The summed E-state index contributed by atoms with van der Waals surface area (Å²) in [6, 6.07) is 0.582. The SMILES string of the molecule is CN=C(NCCN1CCN(C(C)=O)CC1)NC1CCCCC1. The first-order chi connectivity index (χ1) is 10.7. The van der Waals surface area contributed by atoms with E-state index in [-0.39, 0.29) is 5.91 Å². The second-order valence-electron chi connectivity index (χ2n) is 6.33. The van der Waals surface area contributed by atoms with Gasteiger partial charge in [0.15, 0.2) is 5.96 Å². The van der Waals surface area contributed by atoms with Crippen molar-refractivity contribution in [3.05, 3.63) is 0 Å². The molecule has 0 bridgehead atoms. The second-order valence-corrected chi connectivity index (χ2v) is 6.33. The minimum atomic E-state index is 0.190. The summed E-state index contributed by atoms with van der Waals surface area (Å²) in [6.07, 6.45) is 6.54. The molecular weight excluding hydrogens is 278 g/mol. The van der Waals surface area contributed by atoms with Crippen LogP contribution in [0.5, 0.6) is 0 Å². The maximum Gasteiger partial charge on any atom is 0.219 e. The fourth-order valence-corrected chi connectivity index (χ4v) is 3.25. The zero-order chi connectivity index (χ0) is 15.8. The lowest BCUT2D eigenvalue weighted by atomic mass is 9.96. The van der Waals surface area contributed by atoms with Gasteiger partial charge in [0.05, 0.1) is 0 Å². The van der Waals surface area contributed by atoms with E-state index < -0.39 is 0 Å². The zero-order valence-electron chi connectivity index (χ0n) is 14.1. The number of amides is 1. The molecular formula is C16H31N5O. The lowest BCUT2D eigenvalue weighted by Gasteiger charge is -2.34. The van der Waals surface area contributed by atoms with Crippen molar-refractivity contribution in [2.24, 2.45) is 4.99 Å². The van der Waals surface area contributed by atoms with E-state index in [0.717, 1.165) is 45.2 Å². The van der Waals surface area contributed by atoms with Gasteiger partial charge in [-0.3, -0.25) is 14.7 Å². The molecule has 2 rings (SSSR count). The maximum atomic E-state index is 11.3. The molecule has 0 unspecified atom stereocenters. The van der Waals surface area contributed by atoms with Crippen LogP contribution in [0.25, 0.3) is 0 Å². The van der Waals surface area contributed by atoms with Crippen LogP contribution in [0.3, 0.4) is 0 Å². The Hall–Kier alpha value is -1.30. The molecule has 0 spiro atoms. The normalized spacial score (nSPS) is 21.7. The average Bonchev–Trinajstić information content (AvgIpc) is 2.55. The minimum absolute atomic E-state index is 0.190. The minimum Gasteiger partial charge on any atom is -0.355 e. The molecule has 1 amide bonds. The summed E-state index contributed by atoms with van der Waals surface area (Å²) in [5.74, 6) is 1.11. The number of hydrogen-bond acceptors (Lipinski definition) is 3. The molecule has 6 nitrogen and oxygen atoms in total. The highest BCUT2D eigenvalue weighted by Gasteiger charge is 2.18. The second kappa shape index (κ2) is 8.98. The Bertz CT molecular complexity index is 371. The quantitative estimate of drug-likeness (QED) is 0.591. The molecule has 1 aliphatic heterocycles. The van der Waals surface area contributed by atoms with E-state index in [1.54, 1.807) is 6.92 Å². The van der Waals surface area contributed by atoms with Crippen molar-refractivity contribution in [2.75, 3.05) is 46.3 Å². The van der Waals surface area contributed by atoms with Crippen LogP contribution in [-0.4, -0.2) is 74.0 Å². The van der Waals surface area contributed by atoms with Crippen LogP contribution >= 0.6 is 0 Å². The maximum absolute atomic E-state index is 11.3. The average molecular weight is 309 g/mol. The monoisotopic (exact) mass is 309 g/mol. The van der Waals surface area contributed by atoms with Gasteiger partial charge in [0.25, 0.3) is 0 Å². The number of aliphatic imine (C=N–C) groups is 1. The fraction of sp³-hybridized carbons (Fsp3) is 0.875. The van der Waals surface area contributed by atoms with Crippen molar-refractivity contribution < 1.29 is 4.79 Å². The number of guanidine groups is 1. The molecule has 2 fully saturated rings. The third kappa shape index (κ3) is 5.48. The van der Waals surface area contributed by atoms with Crippen molar-refractivity contribution in [1.29, 1.82) is 0 Å². The lowest BCUT2D eigenvalue weighted by Crippen LogP contribution is -2.51. The number of carbonyl (C=O) groups excluding carboxylic acids is 1. The number of piperazine rings is 1. The standard InChI is InChI=1S/C16H31N5O/c1-14(22)21-12-10-20(11-13-21)9-8-18-16(17-2)19-15-6-4-3-5-7-15/h15H,3-13H2,1-2H3,(H2,17,18,19). The largest absolute Gasteiger partial charge is 0.355 e. The third-order valence-corrected chi connectivity index (χ3v) is 4.71. The number of nitrogens with zero attached hydrogens (tertiary/aromatic N) is 3. The first-order valence-corrected chi connectivity index (χ1v) is 8.64. The highest BCUT2D eigenvalue weighted by molar-refractivity contribution is 5.79. The first-order valence-electron chi connectivity index (χ1n) is 8.64. The molecule has 0 radical (unpaired) electrons. The summed E-state index contributed by atoms with van der Waals surface area (Å²) >= 11 is 0. The Morgan fingerprint density at radius 2 is 1.82 bits per heavy atom. The molecule has 0 aromatic heterocycles. The topological polar surface area (TPSA) is 60.0 Å². The van der Waals surface area contributed by atoms with Crippen LogP contribution in [-0.2, 0) is 4.79 Å². The molecule has 0 atom stereocenters. The van der Waals surface area contributed by atoms with E-state index in [4.69, 9.17) is 0 Å². The Morgan fingerprint density at radius 1 is 1.14 bits per heavy atom. The summed E-state index contributed by atoms with van der Waals surface area (Å²) in [5.41, 5.74) is 0. The number of carbonyl (C=O) groups is 1. The molecule has 1 saturated carbocycles. The van der Waals surface area contributed by atoms with Gasteiger partial charge in [0.2, 0.25) is 5.91 Å². The summed E-state index contributed by atoms with van der Waals surface area (Å²) in [5, 5.41) is 6.95. The summed E-state index contributed by atoms with van der Waals surface area (Å²) in [4.78, 5) is 20.0. The number of hydrogen-bond donors (Lipinski definition) is 2. The van der Waals surface area contributed by atoms with Gasteiger partial charge in [-0.15, -0.1) is 0 Å². The summed E-state index contributed by atoms with van der Waals surface area (Å²) < 4.78 is 0. The van der Waals surface area contributed by atoms with Crippen LogP contribution in [0.15, 0.2) is 4.99 Å². The van der Waals surface area contributed by atoms with Crippen LogP contribution in [0.2, 0.25) is 0 Å². The van der Waals surface area contributed by atoms with Gasteiger partial charge in [-0.2, -0.15) is 0 Å². The van der Waals surface area contributed by atoms with Gasteiger partial charge in [-0.25, -0.2) is 0 Å². The predicted octanol–water partition coefficient (Wildman–Crippen LogP) is 0.648. The molecule has 1 saturated heterocycles. The predicted molar refractivity (Wildman–Crippen MR) is 90.1 cm³/mol. The van der Waals surface area contributed by atoms with E-state index in [1.807, 2.05) is 11.9 Å². The van der Waals surface area contributed by atoms with Crippen molar-refractivity contribution in [2.45, 2.75) is 45.1 Å². The van der Waals surface area contributed by atoms with Crippen molar-refractivity contribution in [1.82, 2.24) is 20.4 Å². The van der Waals surface area contributed by atoms with Gasteiger partial charge in [-0.1, -0.05) is 19.3 Å². The summed E-state index contributed by atoms with van der Waals surface area (Å²) in [7, 11) is 1.84. The Kier molecular flexibility index (Phi) is 6.96. The van der Waals surface area contributed by atoms with Gasteiger partial charge in [-0.05, 0) is 12.8 Å². The molecule has 126 valence electrons. The molecule has 0 aromatic carbocycles. The molecule has 2 N–H and O–H groups in total. The molecule has 1 heterocycles. The van der Waals surface area contributed by atoms with E-state index in [9.17, 15) is 4.79 Å². The molecule has 6 heteroatoms. The Morgan fingerprint density at radius 3 is 2.41 bits per heavy atom. The van der Waals surface area contributed by atoms with Gasteiger partial charge in [0.1, 0.15) is 0 Å². The number of rotatable bonds is 4. The third-order valence-electron chi connectivity index (χ3n) is 4.71. The van der Waals surface area contributed by atoms with Crippen molar-refractivity contribution >= 4 is 11.9 Å². The van der Waals surface area contributed by atoms with E-state index in [0.29, 0.717) is 6.04 Å². The van der Waals surface area contributed by atoms with Gasteiger partial charge < -0.3 is 15.5 Å². The molecule has 1 aliphatic carbocycles. The Balaban J connectivity index is 1.61. The van der Waals surface area contributed by atoms with Crippen LogP contribution in [0.4, 0.5) is 0 Å². The van der Waals surface area contributed by atoms with E-state index >= 15 is 0 Å². The summed E-state index contributed by atoms with van der Waals surface area (Å²) in [6.45, 7) is 7.18. The smallest absolute Gasteiger partial charge is 0.219 e. The van der Waals surface area contributed by atoms with E-state index in [1.165, 1.54) is 32.1 Å². The van der Waals surface area contributed by atoms with Crippen LogP contribution in [0.1, 0.15) is 39.0 Å². The van der Waals surface area contributed by atoms with Crippen molar-refractivity contribution in [3.8, 4) is 0 Å². The molecule has 2 aliphatic rings. The Labute approximate surface area is 134 Å². The fourth-order valence-electron chi connectivity index (χ4n) is 3.25. The first kappa shape index (κ1) is 17.1. The van der Waals surface area contributed by atoms with Crippen molar-refractivity contribution in [3.63, 3.8) is 0 Å². The highest BCUT2D eigenvalue weighted by atomic mass is 16.2. The van der Waals surface area contributed by atoms with Crippen LogP contribution < -0.4 is 10.6 Å². The molecule has 22 heavy (non-hydrogen) atoms. The van der Waals surface area contributed by atoms with Gasteiger partial charge >= 0.3 is 0 Å². The van der Waals surface area contributed by atoms with E-state index in [2.05, 4.69) is 20.5 Å². The number of nitrogens with one attached hydrogen (secondary N) is 2. The zero-order valence-corrected chi connectivity index (χ0v) is 14.1. The highest BCUT2D eigenvalue weighted by Crippen LogP contribution is 2.17. The van der Waals surface area contributed by atoms with Crippen LogP contribution in [0, 0.1) is 0 Å². The molecule has 0 aromatic rings. The lowest BCUT2D eigenvalue weighted by molar-refractivity contribution is -0.130.